The largest absolute Gasteiger partial charge is 0.508 e. The molecule has 0 spiro atoms. The van der Waals surface area contributed by atoms with Gasteiger partial charge in [-0.2, -0.15) is 0 Å². The minimum Gasteiger partial charge on any atom is -0.508 e. The van der Waals surface area contributed by atoms with Gasteiger partial charge in [0.05, 0.1) is 24.3 Å². The number of ether oxygens (including phenoxy) is 2. The Morgan fingerprint density at radius 1 is 1.03 bits per heavy atom. The van der Waals surface area contributed by atoms with Gasteiger partial charge in [-0.25, -0.2) is 9.78 Å². The molecule has 312 valence electrons. The number of aliphatic carboxylic acids is 1. The number of hydrogen-bond donors (Lipinski definition) is 9. The van der Waals surface area contributed by atoms with E-state index in [1.807, 2.05) is 25.1 Å². The summed E-state index contributed by atoms with van der Waals surface area (Å²) in [6.45, 7) is 2.00. The van der Waals surface area contributed by atoms with Gasteiger partial charge in [0, 0.05) is 53.4 Å². The average molecular weight is 811 g/mol. The Labute approximate surface area is 340 Å². The van der Waals surface area contributed by atoms with Gasteiger partial charge in [-0.05, 0) is 78.6 Å². The van der Waals surface area contributed by atoms with Crippen molar-refractivity contribution in [1.29, 1.82) is 0 Å². The van der Waals surface area contributed by atoms with E-state index in [0.717, 1.165) is 48.3 Å². The van der Waals surface area contributed by atoms with E-state index in [4.69, 9.17) is 9.47 Å². The van der Waals surface area contributed by atoms with Crippen molar-refractivity contribution in [2.24, 2.45) is 5.92 Å². The molecule has 59 heavy (non-hydrogen) atoms. The Hall–Kier alpha value is -5.45. The van der Waals surface area contributed by atoms with Crippen LogP contribution in [0, 0.1) is 5.92 Å². The molecule has 9 atom stereocenters. The molecular formula is C44H50N4O11. The molecule has 4 aromatic rings. The van der Waals surface area contributed by atoms with E-state index >= 15 is 0 Å². The number of carbonyl (C=O) groups is 2. The van der Waals surface area contributed by atoms with Crippen molar-refractivity contribution in [3.8, 4) is 17.2 Å². The quantitative estimate of drug-likeness (QED) is 0.0985. The van der Waals surface area contributed by atoms with Gasteiger partial charge in [0.2, 0.25) is 6.29 Å². The second-order valence-electron chi connectivity index (χ2n) is 16.1. The molecule has 1 aliphatic carbocycles. The fourth-order valence-electron chi connectivity index (χ4n) is 9.86. The summed E-state index contributed by atoms with van der Waals surface area (Å²) in [4.78, 5) is 36.8. The van der Waals surface area contributed by atoms with Crippen LogP contribution >= 0.6 is 0 Å². The monoisotopic (exact) mass is 810 g/mol. The van der Waals surface area contributed by atoms with Crippen LogP contribution in [0.4, 0.5) is 11.4 Å². The Kier molecular flexibility index (Phi) is 11.1. The Bertz CT molecular complexity index is 2240. The number of rotatable bonds is 11. The number of phenols is 2. The molecule has 15 nitrogen and oxygen atoms in total. The van der Waals surface area contributed by atoms with Crippen LogP contribution < -0.4 is 15.0 Å². The number of hydrogen-bond acceptors (Lipinski definition) is 12. The molecule has 1 amide bonds. The number of nitrogens with zero attached hydrogens (tertiary/aromatic N) is 2. The molecule has 2 fully saturated rings. The van der Waals surface area contributed by atoms with Crippen molar-refractivity contribution in [3.63, 3.8) is 0 Å². The molecule has 4 heterocycles. The van der Waals surface area contributed by atoms with Gasteiger partial charge in [-0.3, -0.25) is 9.69 Å². The van der Waals surface area contributed by atoms with Gasteiger partial charge in [0.1, 0.15) is 36.2 Å². The smallest absolute Gasteiger partial charge is 0.327 e. The first-order chi connectivity index (χ1) is 28.4. The predicted molar refractivity (Wildman–Crippen MR) is 215 cm³/mol. The lowest BCUT2D eigenvalue weighted by molar-refractivity contribution is -0.277. The summed E-state index contributed by atoms with van der Waals surface area (Å²) in [6.07, 6.45) is 1.47. The lowest BCUT2D eigenvalue weighted by atomic mass is 9.56. The second kappa shape index (κ2) is 16.3. The molecule has 15 heteroatoms. The lowest BCUT2D eigenvalue weighted by Gasteiger charge is -2.50. The predicted octanol–water partition coefficient (Wildman–Crippen LogP) is 3.69. The van der Waals surface area contributed by atoms with E-state index in [9.17, 15) is 45.3 Å². The molecule has 9 N–H and O–H groups in total. The Balaban J connectivity index is 1.19. The number of carbonyl (C=O) groups excluding carboxylic acids is 1. The SMILES string of the molecule is CCc1nc[nH]c1Cc1cc(C=CC(=O)N2c3cc(OC4OC(CO)C(O)C(O)C4O)c(O)cc3C(CC34CCCCC3CNc3ccccc34)C2C(=O)O)ccc1O. The fourth-order valence-corrected chi connectivity index (χ4v) is 9.86. The number of benzene rings is 3. The Morgan fingerprint density at radius 3 is 2.63 bits per heavy atom. The van der Waals surface area contributed by atoms with Crippen molar-refractivity contribution >= 4 is 29.3 Å². The van der Waals surface area contributed by atoms with Crippen molar-refractivity contribution in [2.45, 2.75) is 100.0 Å². The third kappa shape index (κ3) is 7.31. The second-order valence-corrected chi connectivity index (χ2v) is 16.1. The molecule has 0 bridgehead atoms. The van der Waals surface area contributed by atoms with Crippen LogP contribution in [0.15, 0.2) is 67.0 Å². The molecule has 9 unspecified atom stereocenters. The van der Waals surface area contributed by atoms with Gasteiger partial charge in [0.15, 0.2) is 11.5 Å². The first kappa shape index (κ1) is 40.3. The van der Waals surface area contributed by atoms with Crippen molar-refractivity contribution in [3.05, 3.63) is 101 Å². The molecule has 1 saturated heterocycles. The number of carboxylic acid groups (broad SMARTS) is 1. The van der Waals surface area contributed by atoms with Gasteiger partial charge >= 0.3 is 5.97 Å². The third-order valence-electron chi connectivity index (χ3n) is 12.8. The van der Waals surface area contributed by atoms with Gasteiger partial charge in [0.25, 0.3) is 5.91 Å². The molecule has 1 aromatic heterocycles. The van der Waals surface area contributed by atoms with E-state index < -0.39 is 72.3 Å². The first-order valence-corrected chi connectivity index (χ1v) is 20.2. The maximum atomic E-state index is 14.6. The Morgan fingerprint density at radius 2 is 1.85 bits per heavy atom. The topological polar surface area (TPSA) is 238 Å². The van der Waals surface area contributed by atoms with Gasteiger partial charge in [-0.1, -0.05) is 44.0 Å². The summed E-state index contributed by atoms with van der Waals surface area (Å²) in [6, 6.07) is 14.3. The number of aryl methyl sites for hydroxylation is 1. The highest BCUT2D eigenvalue weighted by molar-refractivity contribution is 6.10. The van der Waals surface area contributed by atoms with Crippen molar-refractivity contribution < 1.29 is 54.8 Å². The number of aromatic nitrogens is 2. The molecule has 1 saturated carbocycles. The number of aliphatic hydroxyl groups excluding tert-OH is 4. The van der Waals surface area contributed by atoms with E-state index in [2.05, 4.69) is 21.4 Å². The molecule has 0 radical (unpaired) electrons. The van der Waals surface area contributed by atoms with Crippen LogP contribution in [-0.4, -0.2) is 107 Å². The maximum Gasteiger partial charge on any atom is 0.327 e. The number of para-hydroxylation sites is 1. The van der Waals surface area contributed by atoms with Crippen LogP contribution in [-0.2, 0) is 32.6 Å². The third-order valence-corrected chi connectivity index (χ3v) is 12.8. The van der Waals surface area contributed by atoms with E-state index in [-0.39, 0.29) is 23.1 Å². The zero-order chi connectivity index (χ0) is 41.6. The molecular weight excluding hydrogens is 761 g/mol. The number of imidazole rings is 1. The van der Waals surface area contributed by atoms with Crippen molar-refractivity contribution in [2.75, 3.05) is 23.4 Å². The number of phenolic OH excluding ortho intramolecular Hbond substituents is 2. The summed E-state index contributed by atoms with van der Waals surface area (Å²) >= 11 is 0. The number of aromatic amines is 1. The highest BCUT2D eigenvalue weighted by Crippen LogP contribution is 2.58. The maximum absolute atomic E-state index is 14.6. The minimum absolute atomic E-state index is 0.0685. The first-order valence-electron chi connectivity index (χ1n) is 20.2. The van der Waals surface area contributed by atoms with E-state index in [0.29, 0.717) is 42.5 Å². The zero-order valence-electron chi connectivity index (χ0n) is 32.6. The molecule has 3 aliphatic heterocycles. The van der Waals surface area contributed by atoms with Crippen LogP contribution in [0.1, 0.15) is 78.6 Å². The highest BCUT2D eigenvalue weighted by Gasteiger charge is 2.54. The zero-order valence-corrected chi connectivity index (χ0v) is 32.6. The summed E-state index contributed by atoms with van der Waals surface area (Å²) < 4.78 is 11.4. The van der Waals surface area contributed by atoms with Crippen molar-refractivity contribution in [1.82, 2.24) is 9.97 Å². The van der Waals surface area contributed by atoms with Crippen LogP contribution in [0.3, 0.4) is 0 Å². The van der Waals surface area contributed by atoms with Crippen LogP contribution in [0.25, 0.3) is 6.08 Å². The fraction of sp³-hybridized carbons (Fsp3) is 0.432. The molecule has 8 rings (SSSR count). The summed E-state index contributed by atoms with van der Waals surface area (Å²) in [5, 5.41) is 78.1. The number of anilines is 2. The molecule has 3 aromatic carbocycles. The number of fused-ring (bicyclic) bond motifs is 4. The summed E-state index contributed by atoms with van der Waals surface area (Å²) in [7, 11) is 0. The lowest BCUT2D eigenvalue weighted by Crippen LogP contribution is -2.60. The van der Waals surface area contributed by atoms with E-state index in [1.54, 1.807) is 24.5 Å². The normalized spacial score (nSPS) is 28.7. The van der Waals surface area contributed by atoms with Gasteiger partial charge in [-0.15, -0.1) is 0 Å². The minimum atomic E-state index is -1.79. The number of nitrogens with one attached hydrogen (secondary N) is 2. The summed E-state index contributed by atoms with van der Waals surface area (Å²) in [5.41, 5.74) is 5.15. The number of carboxylic acids is 1. The number of aromatic hydroxyl groups is 2. The van der Waals surface area contributed by atoms with Crippen LogP contribution in [0.5, 0.6) is 17.2 Å². The number of amides is 1. The van der Waals surface area contributed by atoms with Crippen LogP contribution in [0.2, 0.25) is 0 Å². The average Bonchev–Trinajstić information content (AvgIpc) is 3.82. The standard InChI is InChI=1S/C44H50N4O11/c1-2-29-31(47-22-46-29)16-24-15-23(10-12-33(24)50)11-13-37(52)48-32-18-35(58-43-41(55)40(54)39(53)36(21-49)59-43)34(51)17-26(32)27(38(48)42(56)57)19-44-14-6-5-7-25(44)20-45-30-9-4-3-8-28(30)44/h3-4,8-13,15,17-18,22,25,27,36,38-41,43,45,49-51,53-55H,2,5-7,14,16,19-21H2,1H3,(H,46,47)(H,56,57). The molecule has 4 aliphatic rings. The highest BCUT2D eigenvalue weighted by atomic mass is 16.7. The van der Waals surface area contributed by atoms with Gasteiger partial charge < -0.3 is 55.5 Å². The van der Waals surface area contributed by atoms with E-state index in [1.165, 1.54) is 29.2 Å². The number of H-pyrrole nitrogens is 1. The number of aliphatic hydroxyl groups is 4. The summed E-state index contributed by atoms with van der Waals surface area (Å²) in [5.74, 6) is -3.13.